The Bertz CT molecular complexity index is 567. The van der Waals surface area contributed by atoms with E-state index in [1.807, 2.05) is 44.2 Å². The van der Waals surface area contributed by atoms with Gasteiger partial charge in [-0.1, -0.05) is 23.8 Å². The fraction of sp³-hybridized carbons (Fsp3) is 0.500. The Balaban J connectivity index is 1.91. The van der Waals surface area contributed by atoms with Gasteiger partial charge in [0.2, 0.25) is 0 Å². The topological polar surface area (TPSA) is 79.8 Å². The van der Waals surface area contributed by atoms with E-state index in [2.05, 4.69) is 10.6 Å². The molecule has 0 spiro atoms. The normalized spacial score (nSPS) is 22.8. The van der Waals surface area contributed by atoms with Gasteiger partial charge in [0, 0.05) is 13.1 Å². The molecule has 24 heavy (non-hydrogen) atoms. The number of aliphatic hydroxyl groups excluding tert-OH is 1. The number of alkyl carbamates (subject to hydrolysis) is 1. The van der Waals surface area contributed by atoms with E-state index >= 15 is 0 Å². The highest BCUT2D eigenvalue weighted by molar-refractivity contribution is 5.67. The number of methoxy groups -OCH3 is 1. The maximum Gasteiger partial charge on any atom is 0.407 e. The summed E-state index contributed by atoms with van der Waals surface area (Å²) in [5.74, 6) is 0.796. The largest absolute Gasteiger partial charge is 0.497 e. The van der Waals surface area contributed by atoms with Gasteiger partial charge < -0.3 is 25.2 Å². The van der Waals surface area contributed by atoms with Gasteiger partial charge in [-0.05, 0) is 38.0 Å². The number of rotatable bonds is 6. The Labute approximate surface area is 142 Å². The van der Waals surface area contributed by atoms with Crippen LogP contribution in [0.3, 0.4) is 0 Å². The molecule has 6 heteroatoms. The van der Waals surface area contributed by atoms with Crippen LogP contribution in [-0.2, 0) is 11.2 Å². The van der Waals surface area contributed by atoms with Crippen molar-refractivity contribution in [1.29, 1.82) is 0 Å². The second-order valence-electron chi connectivity index (χ2n) is 6.17. The molecule has 3 atom stereocenters. The lowest BCUT2D eigenvalue weighted by Crippen LogP contribution is -2.41. The van der Waals surface area contributed by atoms with Crippen LogP contribution < -0.4 is 15.4 Å². The van der Waals surface area contributed by atoms with Crippen LogP contribution in [0.15, 0.2) is 35.9 Å². The van der Waals surface area contributed by atoms with Crippen LogP contribution in [0.25, 0.3) is 0 Å². The van der Waals surface area contributed by atoms with Crippen LogP contribution in [0.2, 0.25) is 0 Å². The third-order valence-electron chi connectivity index (χ3n) is 3.98. The first-order valence-electron chi connectivity index (χ1n) is 8.12. The first-order valence-corrected chi connectivity index (χ1v) is 8.12. The van der Waals surface area contributed by atoms with E-state index in [9.17, 15) is 9.90 Å². The van der Waals surface area contributed by atoms with Crippen molar-refractivity contribution in [1.82, 2.24) is 10.6 Å². The van der Waals surface area contributed by atoms with Crippen LogP contribution in [-0.4, -0.2) is 49.6 Å². The molecule has 132 valence electrons. The van der Waals surface area contributed by atoms with Gasteiger partial charge in [0.15, 0.2) is 0 Å². The summed E-state index contributed by atoms with van der Waals surface area (Å²) < 4.78 is 10.6. The standard InChI is InChI=1S/C18H26N2O4/c1-12(2)8-9-19-18(22)24-17-15(20-11-16(17)21)10-13-4-6-14(23-3)7-5-13/h4-8,15-17,20-21H,9-11H2,1-3H3,(H,19,22)/t15-,16+,17+/m1/s1. The predicted octanol–water partition coefficient (Wildman–Crippen LogP) is 1.63. The monoisotopic (exact) mass is 334 g/mol. The molecule has 0 unspecified atom stereocenters. The van der Waals surface area contributed by atoms with Crippen LogP contribution in [0.5, 0.6) is 5.75 Å². The van der Waals surface area contributed by atoms with Gasteiger partial charge in [-0.3, -0.25) is 0 Å². The molecular formula is C18H26N2O4. The van der Waals surface area contributed by atoms with E-state index in [-0.39, 0.29) is 6.04 Å². The van der Waals surface area contributed by atoms with Gasteiger partial charge in [-0.15, -0.1) is 0 Å². The molecule has 1 aliphatic rings. The highest BCUT2D eigenvalue weighted by atomic mass is 16.6. The molecule has 0 radical (unpaired) electrons. The first kappa shape index (κ1) is 18.3. The van der Waals surface area contributed by atoms with Crippen LogP contribution in [0.4, 0.5) is 4.79 Å². The van der Waals surface area contributed by atoms with Crippen molar-refractivity contribution in [3.05, 3.63) is 41.5 Å². The third-order valence-corrected chi connectivity index (χ3v) is 3.98. The zero-order chi connectivity index (χ0) is 17.5. The number of amides is 1. The molecule has 0 aromatic heterocycles. The van der Waals surface area contributed by atoms with Crippen molar-refractivity contribution in [3.8, 4) is 5.75 Å². The Hall–Kier alpha value is -2.05. The van der Waals surface area contributed by atoms with Gasteiger partial charge in [-0.2, -0.15) is 0 Å². The molecule has 1 heterocycles. The fourth-order valence-corrected chi connectivity index (χ4v) is 2.64. The summed E-state index contributed by atoms with van der Waals surface area (Å²) in [4.78, 5) is 11.9. The lowest BCUT2D eigenvalue weighted by atomic mass is 10.0. The quantitative estimate of drug-likeness (QED) is 0.689. The molecule has 1 aromatic rings. The minimum absolute atomic E-state index is 0.123. The van der Waals surface area contributed by atoms with Crippen molar-refractivity contribution in [2.24, 2.45) is 0 Å². The molecule has 1 aliphatic heterocycles. The fourth-order valence-electron chi connectivity index (χ4n) is 2.64. The average molecular weight is 334 g/mol. The zero-order valence-corrected chi connectivity index (χ0v) is 14.4. The number of aliphatic hydroxyl groups is 1. The van der Waals surface area contributed by atoms with E-state index in [0.29, 0.717) is 19.5 Å². The smallest absolute Gasteiger partial charge is 0.407 e. The molecular weight excluding hydrogens is 308 g/mol. The number of β-amino-alcohol motifs (C(OH)–C–C–N with tert-alkyl or cyclic N) is 1. The Morgan fingerprint density at radius 1 is 1.38 bits per heavy atom. The number of hydrogen-bond donors (Lipinski definition) is 3. The van der Waals surface area contributed by atoms with Gasteiger partial charge >= 0.3 is 6.09 Å². The van der Waals surface area contributed by atoms with E-state index in [1.165, 1.54) is 0 Å². The van der Waals surface area contributed by atoms with Gasteiger partial charge in [-0.25, -0.2) is 4.79 Å². The number of carbonyl (C=O) groups excluding carboxylic acids is 1. The molecule has 0 aliphatic carbocycles. The summed E-state index contributed by atoms with van der Waals surface area (Å²) in [6.45, 7) is 4.75. The van der Waals surface area contributed by atoms with Crippen molar-refractivity contribution < 1.29 is 19.4 Å². The van der Waals surface area contributed by atoms with Crippen molar-refractivity contribution >= 4 is 6.09 Å². The van der Waals surface area contributed by atoms with Crippen molar-refractivity contribution in [2.75, 3.05) is 20.2 Å². The van der Waals surface area contributed by atoms with Crippen molar-refractivity contribution in [3.63, 3.8) is 0 Å². The minimum Gasteiger partial charge on any atom is -0.497 e. The van der Waals surface area contributed by atoms with E-state index < -0.39 is 18.3 Å². The number of benzene rings is 1. The summed E-state index contributed by atoms with van der Waals surface area (Å²) in [6.07, 6.45) is 0.771. The second-order valence-corrected chi connectivity index (χ2v) is 6.17. The SMILES string of the molecule is COc1ccc(C[C@H]2NC[C@H](O)[C@H]2OC(=O)NCC=C(C)C)cc1. The minimum atomic E-state index is -0.706. The lowest BCUT2D eigenvalue weighted by molar-refractivity contribution is 0.0194. The maximum atomic E-state index is 11.9. The molecule has 2 rings (SSSR count). The molecule has 6 nitrogen and oxygen atoms in total. The predicted molar refractivity (Wildman–Crippen MR) is 92.2 cm³/mol. The number of ether oxygens (including phenoxy) is 2. The Morgan fingerprint density at radius 3 is 2.71 bits per heavy atom. The molecule has 1 saturated heterocycles. The van der Waals surface area contributed by atoms with Crippen LogP contribution in [0.1, 0.15) is 19.4 Å². The molecule has 0 saturated carbocycles. The summed E-state index contributed by atoms with van der Waals surface area (Å²) in [5, 5.41) is 16.0. The summed E-state index contributed by atoms with van der Waals surface area (Å²) in [5.41, 5.74) is 2.20. The van der Waals surface area contributed by atoms with E-state index in [1.54, 1.807) is 7.11 Å². The Morgan fingerprint density at radius 2 is 2.08 bits per heavy atom. The second kappa shape index (κ2) is 8.70. The van der Waals surface area contributed by atoms with Gasteiger partial charge in [0.05, 0.1) is 13.2 Å². The highest BCUT2D eigenvalue weighted by Gasteiger charge is 2.37. The molecule has 3 N–H and O–H groups in total. The van der Waals surface area contributed by atoms with Crippen molar-refractivity contribution in [2.45, 2.75) is 38.5 Å². The number of nitrogens with one attached hydrogen (secondary N) is 2. The zero-order valence-electron chi connectivity index (χ0n) is 14.4. The van der Waals surface area contributed by atoms with Crippen LogP contribution >= 0.6 is 0 Å². The molecule has 1 amide bonds. The molecule has 1 aromatic carbocycles. The van der Waals surface area contributed by atoms with E-state index in [0.717, 1.165) is 16.9 Å². The van der Waals surface area contributed by atoms with Gasteiger partial charge in [0.1, 0.15) is 18.0 Å². The number of allylic oxidation sites excluding steroid dienone is 1. The number of carbonyl (C=O) groups is 1. The van der Waals surface area contributed by atoms with E-state index in [4.69, 9.17) is 9.47 Å². The summed E-state index contributed by atoms with van der Waals surface area (Å²) >= 11 is 0. The summed E-state index contributed by atoms with van der Waals surface area (Å²) in [6, 6.07) is 7.60. The third kappa shape index (κ3) is 5.25. The highest BCUT2D eigenvalue weighted by Crippen LogP contribution is 2.19. The average Bonchev–Trinajstić information content (AvgIpc) is 2.88. The molecule has 1 fully saturated rings. The molecule has 0 bridgehead atoms. The lowest BCUT2D eigenvalue weighted by Gasteiger charge is -2.22. The van der Waals surface area contributed by atoms with Crippen LogP contribution in [0, 0.1) is 0 Å². The first-order chi connectivity index (χ1) is 11.5. The number of hydrogen-bond acceptors (Lipinski definition) is 5. The Kier molecular flexibility index (Phi) is 6.63. The summed E-state index contributed by atoms with van der Waals surface area (Å²) in [7, 11) is 1.63. The van der Waals surface area contributed by atoms with Gasteiger partial charge in [0.25, 0.3) is 0 Å². The maximum absolute atomic E-state index is 11.9.